The van der Waals surface area contributed by atoms with Gasteiger partial charge < -0.3 is 9.88 Å². The summed E-state index contributed by atoms with van der Waals surface area (Å²) in [4.78, 5) is 17.8. The molecule has 0 spiro atoms. The predicted octanol–water partition coefficient (Wildman–Crippen LogP) is 5.97. The van der Waals surface area contributed by atoms with Crippen molar-refractivity contribution >= 4 is 11.0 Å². The molecule has 1 aliphatic carbocycles. The molecule has 2 fully saturated rings. The van der Waals surface area contributed by atoms with E-state index in [0.29, 0.717) is 52.1 Å². The molecular formula is C30H34F2N6. The van der Waals surface area contributed by atoms with E-state index in [1.165, 1.54) is 37.9 Å². The standard InChI is InChI=1S/C30H34F2N6/c1-17(2)38-18(3)37-30-25(31)10-22(11-28(30)38)24-12-23(34-16-26(24)32)13-29-35-14-20(15-36-29)7-19-8-21-5-4-6-33-27(21)9-19/h10-12,14-17,19,21,27,33H,4-9,13H2,1-3H3/t19?,21-,27+/m0/s1. The first-order valence-corrected chi connectivity index (χ1v) is 13.7. The Kier molecular flexibility index (Phi) is 6.68. The summed E-state index contributed by atoms with van der Waals surface area (Å²) in [6.45, 7) is 7.04. The molecule has 1 unspecified atom stereocenters. The Hall–Kier alpha value is -3.26. The summed E-state index contributed by atoms with van der Waals surface area (Å²) >= 11 is 0. The lowest BCUT2D eigenvalue weighted by atomic mass is 9.93. The Bertz CT molecular complexity index is 1450. The molecule has 38 heavy (non-hydrogen) atoms. The van der Waals surface area contributed by atoms with Gasteiger partial charge in [-0.05, 0) is 101 Å². The van der Waals surface area contributed by atoms with Gasteiger partial charge in [0.05, 0.1) is 18.1 Å². The van der Waals surface area contributed by atoms with Gasteiger partial charge >= 0.3 is 0 Å². The largest absolute Gasteiger partial charge is 0.326 e. The van der Waals surface area contributed by atoms with Crippen LogP contribution in [0.5, 0.6) is 0 Å². The maximum Gasteiger partial charge on any atom is 0.151 e. The van der Waals surface area contributed by atoms with Crippen molar-refractivity contribution < 1.29 is 8.78 Å². The third kappa shape index (κ3) is 4.82. The Morgan fingerprint density at radius 3 is 2.61 bits per heavy atom. The monoisotopic (exact) mass is 516 g/mol. The van der Waals surface area contributed by atoms with Gasteiger partial charge in [-0.3, -0.25) is 4.98 Å². The van der Waals surface area contributed by atoms with Gasteiger partial charge in [0.15, 0.2) is 5.82 Å². The van der Waals surface area contributed by atoms with Gasteiger partial charge in [-0.15, -0.1) is 0 Å². The van der Waals surface area contributed by atoms with Crippen LogP contribution in [0, 0.1) is 30.4 Å². The molecule has 0 amide bonds. The molecule has 4 aromatic rings. The maximum atomic E-state index is 15.0. The average Bonchev–Trinajstić information content (AvgIpc) is 3.46. The first-order valence-electron chi connectivity index (χ1n) is 13.7. The number of rotatable bonds is 6. The molecule has 1 saturated carbocycles. The van der Waals surface area contributed by atoms with E-state index in [4.69, 9.17) is 0 Å². The van der Waals surface area contributed by atoms with Gasteiger partial charge in [0.1, 0.15) is 23.0 Å². The SMILES string of the molecule is Cc1nc2c(F)cc(-c3cc(Cc4ncc(CC5C[C@@H]6CCCN[C@@H]6C5)cn4)ncc3F)cc2n1C(C)C. The van der Waals surface area contributed by atoms with Crippen LogP contribution in [-0.4, -0.2) is 37.1 Å². The third-order valence-electron chi connectivity index (χ3n) is 8.24. The fourth-order valence-corrected chi connectivity index (χ4v) is 6.58. The predicted molar refractivity (Wildman–Crippen MR) is 144 cm³/mol. The highest BCUT2D eigenvalue weighted by Crippen LogP contribution is 2.38. The number of aryl methyl sites for hydroxylation is 1. The number of hydrogen-bond acceptors (Lipinski definition) is 5. The molecule has 1 aliphatic heterocycles. The van der Waals surface area contributed by atoms with Gasteiger partial charge in [-0.2, -0.15) is 0 Å². The van der Waals surface area contributed by atoms with E-state index in [1.807, 2.05) is 37.7 Å². The average molecular weight is 517 g/mol. The number of aromatic nitrogens is 5. The lowest BCUT2D eigenvalue weighted by Crippen LogP contribution is -2.37. The van der Waals surface area contributed by atoms with Crippen LogP contribution in [0.15, 0.2) is 36.8 Å². The summed E-state index contributed by atoms with van der Waals surface area (Å²) in [7, 11) is 0. The minimum atomic E-state index is -0.497. The second-order valence-corrected chi connectivity index (χ2v) is 11.3. The first-order chi connectivity index (χ1) is 18.4. The summed E-state index contributed by atoms with van der Waals surface area (Å²) in [6, 6.07) is 5.60. The van der Waals surface area contributed by atoms with Crippen molar-refractivity contribution in [3.63, 3.8) is 0 Å². The van der Waals surface area contributed by atoms with Crippen molar-refractivity contribution in [3.05, 3.63) is 71.3 Å². The number of nitrogens with one attached hydrogen (secondary N) is 1. The molecule has 8 heteroatoms. The van der Waals surface area contributed by atoms with Gasteiger partial charge in [0.2, 0.25) is 0 Å². The lowest BCUT2D eigenvalue weighted by Gasteiger charge is -2.26. The highest BCUT2D eigenvalue weighted by atomic mass is 19.1. The summed E-state index contributed by atoms with van der Waals surface area (Å²) in [5.41, 5.74) is 3.51. The number of halogens is 2. The molecule has 4 heterocycles. The quantitative estimate of drug-likeness (QED) is 0.342. The Morgan fingerprint density at radius 1 is 1.03 bits per heavy atom. The van der Waals surface area contributed by atoms with E-state index in [9.17, 15) is 4.39 Å². The van der Waals surface area contributed by atoms with Crippen molar-refractivity contribution in [2.45, 2.75) is 71.4 Å². The molecule has 198 valence electrons. The number of pyridine rings is 1. The van der Waals surface area contributed by atoms with E-state index in [2.05, 4.69) is 25.3 Å². The Morgan fingerprint density at radius 2 is 1.84 bits per heavy atom. The molecule has 3 atom stereocenters. The van der Waals surface area contributed by atoms with Crippen molar-refractivity contribution in [2.24, 2.45) is 11.8 Å². The molecular weight excluding hydrogens is 482 g/mol. The van der Waals surface area contributed by atoms with Crippen LogP contribution < -0.4 is 5.32 Å². The van der Waals surface area contributed by atoms with E-state index in [0.717, 1.165) is 30.3 Å². The smallest absolute Gasteiger partial charge is 0.151 e. The van der Waals surface area contributed by atoms with Crippen LogP contribution in [0.25, 0.3) is 22.2 Å². The van der Waals surface area contributed by atoms with E-state index < -0.39 is 11.6 Å². The van der Waals surface area contributed by atoms with Gasteiger partial charge in [-0.25, -0.2) is 23.7 Å². The highest BCUT2D eigenvalue weighted by Gasteiger charge is 2.35. The molecule has 1 N–H and O–H groups in total. The highest BCUT2D eigenvalue weighted by molar-refractivity contribution is 5.83. The molecule has 0 radical (unpaired) electrons. The van der Waals surface area contributed by atoms with Gasteiger partial charge in [0.25, 0.3) is 0 Å². The number of hydrogen-bond donors (Lipinski definition) is 1. The van der Waals surface area contributed by atoms with E-state index in [-0.39, 0.29) is 6.04 Å². The second kappa shape index (κ2) is 10.1. The number of fused-ring (bicyclic) bond motifs is 2. The zero-order chi connectivity index (χ0) is 26.4. The number of imidazole rings is 1. The molecule has 3 aromatic heterocycles. The van der Waals surface area contributed by atoms with Crippen LogP contribution in [0.2, 0.25) is 0 Å². The van der Waals surface area contributed by atoms with Crippen LogP contribution >= 0.6 is 0 Å². The molecule has 6 rings (SSSR count). The van der Waals surface area contributed by atoms with E-state index in [1.54, 1.807) is 12.1 Å². The summed E-state index contributed by atoms with van der Waals surface area (Å²) in [5.74, 6) is 1.90. The molecule has 0 bridgehead atoms. The zero-order valence-corrected chi connectivity index (χ0v) is 22.2. The van der Waals surface area contributed by atoms with Crippen LogP contribution in [0.4, 0.5) is 8.78 Å². The zero-order valence-electron chi connectivity index (χ0n) is 22.2. The minimum absolute atomic E-state index is 0.0992. The molecule has 1 aromatic carbocycles. The lowest BCUT2D eigenvalue weighted by molar-refractivity contribution is 0.318. The van der Waals surface area contributed by atoms with Crippen molar-refractivity contribution in [1.82, 2.24) is 29.8 Å². The molecule has 6 nitrogen and oxygen atoms in total. The first kappa shape index (κ1) is 25.0. The normalized spacial score (nSPS) is 21.4. The van der Waals surface area contributed by atoms with Crippen LogP contribution in [0.3, 0.4) is 0 Å². The Balaban J connectivity index is 1.20. The second-order valence-electron chi connectivity index (χ2n) is 11.3. The van der Waals surface area contributed by atoms with Crippen molar-refractivity contribution in [3.8, 4) is 11.1 Å². The topological polar surface area (TPSA) is 68.5 Å². The third-order valence-corrected chi connectivity index (χ3v) is 8.24. The Labute approximate surface area is 222 Å². The number of benzene rings is 1. The van der Waals surface area contributed by atoms with Crippen molar-refractivity contribution in [1.29, 1.82) is 0 Å². The maximum absolute atomic E-state index is 15.0. The number of nitrogens with zero attached hydrogens (tertiary/aromatic N) is 5. The summed E-state index contributed by atoms with van der Waals surface area (Å²) in [6.07, 6.45) is 11.6. The summed E-state index contributed by atoms with van der Waals surface area (Å²) in [5, 5.41) is 3.68. The number of piperidine rings is 1. The van der Waals surface area contributed by atoms with Crippen LogP contribution in [-0.2, 0) is 12.8 Å². The minimum Gasteiger partial charge on any atom is -0.326 e. The van der Waals surface area contributed by atoms with Gasteiger partial charge in [-0.1, -0.05) is 0 Å². The fraction of sp³-hybridized carbons (Fsp3) is 0.467. The van der Waals surface area contributed by atoms with Crippen molar-refractivity contribution in [2.75, 3.05) is 6.54 Å². The van der Waals surface area contributed by atoms with Crippen LogP contribution in [0.1, 0.15) is 68.5 Å². The fourth-order valence-electron chi connectivity index (χ4n) is 6.58. The van der Waals surface area contributed by atoms with Gasteiger partial charge in [0, 0.05) is 35.7 Å². The summed E-state index contributed by atoms with van der Waals surface area (Å²) < 4.78 is 31.9. The molecule has 1 saturated heterocycles. The molecule has 2 aliphatic rings. The van der Waals surface area contributed by atoms with E-state index >= 15 is 4.39 Å².